The Balaban J connectivity index is 1.40. The third-order valence-corrected chi connectivity index (χ3v) is 5.36. The highest BCUT2D eigenvalue weighted by Crippen LogP contribution is 2.17. The lowest BCUT2D eigenvalue weighted by Crippen LogP contribution is -2.49. The van der Waals surface area contributed by atoms with Gasteiger partial charge in [-0.1, -0.05) is 6.92 Å². The number of likely N-dealkylation sites (tertiary alicyclic amines) is 2. The topological polar surface area (TPSA) is 65.5 Å². The van der Waals surface area contributed by atoms with Crippen LogP contribution in [0, 0.1) is 5.92 Å². The minimum atomic E-state index is -0.0423. The number of pyridine rings is 1. The third-order valence-electron chi connectivity index (χ3n) is 5.36. The summed E-state index contributed by atoms with van der Waals surface area (Å²) in [6.45, 7) is 6.29. The molecule has 2 aliphatic heterocycles. The van der Waals surface area contributed by atoms with Gasteiger partial charge in [-0.05, 0) is 43.7 Å². The molecule has 6 heteroatoms. The van der Waals surface area contributed by atoms with Crippen molar-refractivity contribution in [3.05, 3.63) is 30.1 Å². The summed E-state index contributed by atoms with van der Waals surface area (Å²) in [5.74, 6) is 0.953. The first kappa shape index (κ1) is 17.9. The van der Waals surface area contributed by atoms with Crippen LogP contribution >= 0.6 is 0 Å². The molecular formula is C19H28N4O2. The molecule has 0 aromatic carbocycles. The van der Waals surface area contributed by atoms with Crippen LogP contribution in [0.1, 0.15) is 43.0 Å². The van der Waals surface area contributed by atoms with Crippen molar-refractivity contribution in [3.8, 4) is 0 Å². The number of piperidine rings is 2. The molecule has 0 bridgehead atoms. The summed E-state index contributed by atoms with van der Waals surface area (Å²) in [6.07, 6.45) is 7.28. The van der Waals surface area contributed by atoms with Crippen LogP contribution in [-0.2, 0) is 4.79 Å². The van der Waals surface area contributed by atoms with E-state index in [1.54, 1.807) is 24.5 Å². The minimum Gasteiger partial charge on any atom is -0.349 e. The Kier molecular flexibility index (Phi) is 6.02. The number of amides is 2. The summed E-state index contributed by atoms with van der Waals surface area (Å²) < 4.78 is 0. The molecule has 0 unspecified atom stereocenters. The van der Waals surface area contributed by atoms with Crippen LogP contribution in [-0.4, -0.2) is 65.4 Å². The van der Waals surface area contributed by atoms with Crippen molar-refractivity contribution in [2.24, 2.45) is 5.92 Å². The Hall–Kier alpha value is -1.95. The van der Waals surface area contributed by atoms with E-state index in [1.165, 1.54) is 0 Å². The highest BCUT2D eigenvalue weighted by atomic mass is 16.2. The van der Waals surface area contributed by atoms with E-state index in [1.807, 2.05) is 4.90 Å². The molecular weight excluding hydrogens is 316 g/mol. The third kappa shape index (κ3) is 5.01. The summed E-state index contributed by atoms with van der Waals surface area (Å²) in [7, 11) is 0. The van der Waals surface area contributed by atoms with Gasteiger partial charge in [-0.25, -0.2) is 0 Å². The molecule has 2 saturated heterocycles. The van der Waals surface area contributed by atoms with Crippen LogP contribution in [0.25, 0.3) is 0 Å². The lowest BCUT2D eigenvalue weighted by atomic mass is 9.99. The normalized spacial score (nSPS) is 20.4. The molecule has 0 radical (unpaired) electrons. The van der Waals surface area contributed by atoms with Crippen molar-refractivity contribution >= 4 is 11.8 Å². The lowest BCUT2D eigenvalue weighted by molar-refractivity contribution is -0.134. The monoisotopic (exact) mass is 344 g/mol. The van der Waals surface area contributed by atoms with Gasteiger partial charge in [0.2, 0.25) is 5.91 Å². The molecule has 3 heterocycles. The number of rotatable bonds is 4. The molecule has 0 saturated carbocycles. The molecule has 0 atom stereocenters. The number of hydrogen-bond acceptors (Lipinski definition) is 4. The lowest BCUT2D eigenvalue weighted by Gasteiger charge is -2.35. The van der Waals surface area contributed by atoms with Gasteiger partial charge in [0.05, 0.1) is 6.54 Å². The Morgan fingerprint density at radius 1 is 1.08 bits per heavy atom. The van der Waals surface area contributed by atoms with Gasteiger partial charge in [-0.15, -0.1) is 0 Å². The standard InChI is InChI=1S/C19H28N4O2/c1-15-4-12-23(13-5-15)18(24)14-22-10-6-17(7-11-22)21-19(25)16-2-8-20-9-3-16/h2-3,8-9,15,17H,4-7,10-14H2,1H3,(H,21,25). The number of nitrogens with one attached hydrogen (secondary N) is 1. The average molecular weight is 344 g/mol. The van der Waals surface area contributed by atoms with Crippen molar-refractivity contribution in [1.82, 2.24) is 20.1 Å². The van der Waals surface area contributed by atoms with E-state index < -0.39 is 0 Å². The zero-order valence-electron chi connectivity index (χ0n) is 15.0. The fourth-order valence-electron chi connectivity index (χ4n) is 3.56. The van der Waals surface area contributed by atoms with Gasteiger partial charge in [0.15, 0.2) is 0 Å². The number of aromatic nitrogens is 1. The second kappa shape index (κ2) is 8.43. The van der Waals surface area contributed by atoms with Crippen molar-refractivity contribution < 1.29 is 9.59 Å². The maximum absolute atomic E-state index is 12.4. The van der Waals surface area contributed by atoms with E-state index in [0.29, 0.717) is 12.1 Å². The van der Waals surface area contributed by atoms with E-state index in [-0.39, 0.29) is 17.9 Å². The van der Waals surface area contributed by atoms with E-state index in [4.69, 9.17) is 0 Å². The zero-order chi connectivity index (χ0) is 17.6. The van der Waals surface area contributed by atoms with Crippen LogP contribution in [0.5, 0.6) is 0 Å². The molecule has 2 fully saturated rings. The van der Waals surface area contributed by atoms with Gasteiger partial charge in [0.1, 0.15) is 0 Å². The van der Waals surface area contributed by atoms with Crippen LogP contribution in [0.15, 0.2) is 24.5 Å². The smallest absolute Gasteiger partial charge is 0.251 e. The van der Waals surface area contributed by atoms with E-state index in [9.17, 15) is 9.59 Å². The molecule has 25 heavy (non-hydrogen) atoms. The highest BCUT2D eigenvalue weighted by Gasteiger charge is 2.25. The Bertz CT molecular complexity index is 576. The maximum Gasteiger partial charge on any atom is 0.251 e. The number of carbonyl (C=O) groups excluding carboxylic acids is 2. The zero-order valence-corrected chi connectivity index (χ0v) is 15.0. The molecule has 0 aliphatic carbocycles. The molecule has 136 valence electrons. The van der Waals surface area contributed by atoms with Crippen molar-refractivity contribution in [2.75, 3.05) is 32.7 Å². The first-order valence-electron chi connectivity index (χ1n) is 9.33. The van der Waals surface area contributed by atoms with Gasteiger partial charge >= 0.3 is 0 Å². The van der Waals surface area contributed by atoms with Gasteiger partial charge < -0.3 is 10.2 Å². The molecule has 3 rings (SSSR count). The molecule has 1 aromatic rings. The second-order valence-electron chi connectivity index (χ2n) is 7.32. The molecule has 0 spiro atoms. The largest absolute Gasteiger partial charge is 0.349 e. The van der Waals surface area contributed by atoms with Crippen LogP contribution in [0.4, 0.5) is 0 Å². The van der Waals surface area contributed by atoms with E-state index >= 15 is 0 Å². The van der Waals surface area contributed by atoms with Crippen LogP contribution in [0.3, 0.4) is 0 Å². The number of nitrogens with zero attached hydrogens (tertiary/aromatic N) is 3. The summed E-state index contributed by atoms with van der Waals surface area (Å²) >= 11 is 0. The SMILES string of the molecule is CC1CCN(C(=O)CN2CCC(NC(=O)c3ccncc3)CC2)CC1. The predicted molar refractivity (Wildman–Crippen MR) is 96.1 cm³/mol. The first-order chi connectivity index (χ1) is 12.1. The van der Waals surface area contributed by atoms with Crippen molar-refractivity contribution in [3.63, 3.8) is 0 Å². The Morgan fingerprint density at radius 2 is 1.72 bits per heavy atom. The predicted octanol–water partition coefficient (Wildman–Crippen LogP) is 1.53. The highest BCUT2D eigenvalue weighted by molar-refractivity contribution is 5.94. The molecule has 2 aliphatic rings. The fourth-order valence-corrected chi connectivity index (χ4v) is 3.56. The first-order valence-corrected chi connectivity index (χ1v) is 9.33. The summed E-state index contributed by atoms with van der Waals surface area (Å²) in [4.78, 5) is 32.8. The molecule has 1 aromatic heterocycles. The molecule has 2 amide bonds. The Morgan fingerprint density at radius 3 is 2.36 bits per heavy atom. The van der Waals surface area contributed by atoms with Gasteiger partial charge in [-0.2, -0.15) is 0 Å². The average Bonchev–Trinajstić information content (AvgIpc) is 2.64. The van der Waals surface area contributed by atoms with Gasteiger partial charge in [0, 0.05) is 50.2 Å². The summed E-state index contributed by atoms with van der Waals surface area (Å²) in [5.41, 5.74) is 0.645. The Labute approximate surface area is 149 Å². The number of hydrogen-bond donors (Lipinski definition) is 1. The van der Waals surface area contributed by atoms with Gasteiger partial charge in [0.25, 0.3) is 5.91 Å². The van der Waals surface area contributed by atoms with Crippen LogP contribution < -0.4 is 5.32 Å². The van der Waals surface area contributed by atoms with Crippen molar-refractivity contribution in [2.45, 2.75) is 38.6 Å². The van der Waals surface area contributed by atoms with E-state index in [0.717, 1.165) is 57.8 Å². The summed E-state index contributed by atoms with van der Waals surface area (Å²) in [6, 6.07) is 3.63. The quantitative estimate of drug-likeness (QED) is 0.900. The minimum absolute atomic E-state index is 0.0423. The van der Waals surface area contributed by atoms with Gasteiger partial charge in [-0.3, -0.25) is 19.5 Å². The maximum atomic E-state index is 12.4. The number of carbonyl (C=O) groups is 2. The van der Waals surface area contributed by atoms with E-state index in [2.05, 4.69) is 22.1 Å². The summed E-state index contributed by atoms with van der Waals surface area (Å²) in [5, 5.41) is 3.09. The second-order valence-corrected chi connectivity index (χ2v) is 7.32. The van der Waals surface area contributed by atoms with Crippen molar-refractivity contribution in [1.29, 1.82) is 0 Å². The fraction of sp³-hybridized carbons (Fsp3) is 0.632. The molecule has 1 N–H and O–H groups in total. The molecule has 6 nitrogen and oxygen atoms in total. The van der Waals surface area contributed by atoms with Crippen LogP contribution in [0.2, 0.25) is 0 Å².